The van der Waals surface area contributed by atoms with Crippen molar-refractivity contribution in [1.82, 2.24) is 19.6 Å². The maximum Gasteiger partial charge on any atom is 0.160 e. The normalized spacial score (nSPS) is 17.9. The summed E-state index contributed by atoms with van der Waals surface area (Å²) in [7, 11) is 0. The Bertz CT molecular complexity index is 1090. The SMILES string of the molecule is Clc1ccc2c(N3CCCC(c4nnc5ccccn45)C3)ccnc2c1. The lowest BCUT2D eigenvalue weighted by Gasteiger charge is -2.34. The molecule has 4 aromatic rings. The van der Waals surface area contributed by atoms with E-state index in [2.05, 4.69) is 36.6 Å². The van der Waals surface area contributed by atoms with Crippen LogP contribution in [0.4, 0.5) is 5.69 Å². The quantitative estimate of drug-likeness (QED) is 0.532. The van der Waals surface area contributed by atoms with Crippen LogP contribution in [0.25, 0.3) is 16.6 Å². The molecule has 3 aromatic heterocycles. The molecule has 0 spiro atoms. The van der Waals surface area contributed by atoms with Crippen LogP contribution in [-0.4, -0.2) is 32.7 Å². The number of benzene rings is 1. The Labute approximate surface area is 156 Å². The first kappa shape index (κ1) is 15.6. The number of piperidine rings is 1. The lowest BCUT2D eigenvalue weighted by molar-refractivity contribution is 0.489. The molecule has 1 unspecified atom stereocenters. The molecule has 0 aliphatic carbocycles. The van der Waals surface area contributed by atoms with Crippen molar-refractivity contribution in [3.8, 4) is 0 Å². The largest absolute Gasteiger partial charge is 0.370 e. The molecule has 0 N–H and O–H groups in total. The molecule has 1 aromatic carbocycles. The zero-order chi connectivity index (χ0) is 17.5. The number of rotatable bonds is 2. The highest BCUT2D eigenvalue weighted by Gasteiger charge is 2.26. The summed E-state index contributed by atoms with van der Waals surface area (Å²) in [5.41, 5.74) is 3.05. The lowest BCUT2D eigenvalue weighted by Crippen LogP contribution is -2.35. The molecular formula is C20H18ClN5. The van der Waals surface area contributed by atoms with Crippen LogP contribution in [0.15, 0.2) is 54.9 Å². The van der Waals surface area contributed by atoms with Gasteiger partial charge in [-0.3, -0.25) is 9.38 Å². The first-order valence-corrected chi connectivity index (χ1v) is 9.26. The van der Waals surface area contributed by atoms with E-state index in [1.54, 1.807) is 0 Å². The topological polar surface area (TPSA) is 46.3 Å². The second kappa shape index (κ2) is 6.25. The highest BCUT2D eigenvalue weighted by molar-refractivity contribution is 6.31. The van der Waals surface area contributed by atoms with Crippen molar-refractivity contribution in [2.45, 2.75) is 18.8 Å². The van der Waals surface area contributed by atoms with E-state index in [1.165, 1.54) is 5.69 Å². The van der Waals surface area contributed by atoms with Gasteiger partial charge in [-0.25, -0.2) is 0 Å². The predicted octanol–water partition coefficient (Wildman–Crippen LogP) is 4.31. The highest BCUT2D eigenvalue weighted by Crippen LogP contribution is 2.33. The van der Waals surface area contributed by atoms with Crippen LogP contribution in [-0.2, 0) is 0 Å². The van der Waals surface area contributed by atoms with Crippen molar-refractivity contribution in [3.63, 3.8) is 0 Å². The van der Waals surface area contributed by atoms with Crippen LogP contribution in [0.5, 0.6) is 0 Å². The molecule has 6 heteroatoms. The van der Waals surface area contributed by atoms with Crippen LogP contribution < -0.4 is 4.90 Å². The third kappa shape index (κ3) is 2.59. The summed E-state index contributed by atoms with van der Waals surface area (Å²) in [6, 6.07) is 14.0. The van der Waals surface area contributed by atoms with Gasteiger partial charge in [0.25, 0.3) is 0 Å². The van der Waals surface area contributed by atoms with E-state index in [4.69, 9.17) is 11.6 Å². The first-order valence-electron chi connectivity index (χ1n) is 8.88. The molecule has 1 saturated heterocycles. The van der Waals surface area contributed by atoms with Crippen molar-refractivity contribution >= 4 is 33.8 Å². The molecule has 0 amide bonds. The van der Waals surface area contributed by atoms with Gasteiger partial charge in [-0.05, 0) is 49.2 Å². The van der Waals surface area contributed by atoms with E-state index in [9.17, 15) is 0 Å². The second-order valence-corrected chi connectivity index (χ2v) is 7.20. The van der Waals surface area contributed by atoms with Crippen LogP contribution in [0, 0.1) is 0 Å². The summed E-state index contributed by atoms with van der Waals surface area (Å²) in [4.78, 5) is 6.91. The number of fused-ring (bicyclic) bond motifs is 2. The molecule has 0 bridgehead atoms. The van der Waals surface area contributed by atoms with Gasteiger partial charge in [-0.2, -0.15) is 0 Å². The molecule has 0 saturated carbocycles. The Hall–Kier alpha value is -2.66. The van der Waals surface area contributed by atoms with Gasteiger partial charge in [0.1, 0.15) is 5.82 Å². The van der Waals surface area contributed by atoms with Gasteiger partial charge in [0, 0.05) is 47.5 Å². The molecule has 1 atom stereocenters. The summed E-state index contributed by atoms with van der Waals surface area (Å²) in [5, 5.41) is 10.7. The minimum atomic E-state index is 0.358. The molecule has 0 radical (unpaired) electrons. The van der Waals surface area contributed by atoms with Crippen LogP contribution in [0.1, 0.15) is 24.6 Å². The van der Waals surface area contributed by atoms with Gasteiger partial charge in [-0.15, -0.1) is 10.2 Å². The van der Waals surface area contributed by atoms with Crippen molar-refractivity contribution in [3.05, 3.63) is 65.7 Å². The lowest BCUT2D eigenvalue weighted by atomic mass is 9.96. The van der Waals surface area contributed by atoms with Crippen molar-refractivity contribution in [2.75, 3.05) is 18.0 Å². The van der Waals surface area contributed by atoms with Gasteiger partial charge >= 0.3 is 0 Å². The number of anilines is 1. The standard InChI is InChI=1S/C20H18ClN5/c21-15-6-7-16-17(12-15)22-9-8-18(16)25-10-3-4-14(13-25)20-24-23-19-5-1-2-11-26(19)20/h1-2,5-9,11-12,14H,3-4,10,13H2. The number of pyridine rings is 2. The van der Waals surface area contributed by atoms with E-state index < -0.39 is 0 Å². The monoisotopic (exact) mass is 363 g/mol. The van der Waals surface area contributed by atoms with Gasteiger partial charge in [-0.1, -0.05) is 17.7 Å². The zero-order valence-electron chi connectivity index (χ0n) is 14.2. The second-order valence-electron chi connectivity index (χ2n) is 6.76. The van der Waals surface area contributed by atoms with E-state index in [-0.39, 0.29) is 0 Å². The van der Waals surface area contributed by atoms with Gasteiger partial charge in [0.15, 0.2) is 5.65 Å². The number of nitrogens with zero attached hydrogens (tertiary/aromatic N) is 5. The molecule has 1 aliphatic heterocycles. The molecule has 5 nitrogen and oxygen atoms in total. The molecule has 1 fully saturated rings. The fourth-order valence-corrected chi connectivity index (χ4v) is 4.09. The van der Waals surface area contributed by atoms with Gasteiger partial charge in [0.2, 0.25) is 0 Å². The van der Waals surface area contributed by atoms with Gasteiger partial charge in [0.05, 0.1) is 5.52 Å². The maximum absolute atomic E-state index is 6.13. The Morgan fingerprint density at radius 2 is 2.04 bits per heavy atom. The first-order chi connectivity index (χ1) is 12.8. The number of halogens is 1. The van der Waals surface area contributed by atoms with Crippen molar-refractivity contribution in [1.29, 1.82) is 0 Å². The summed E-state index contributed by atoms with van der Waals surface area (Å²) < 4.78 is 2.11. The van der Waals surface area contributed by atoms with E-state index in [1.807, 2.05) is 42.7 Å². The maximum atomic E-state index is 6.13. The van der Waals surface area contributed by atoms with E-state index >= 15 is 0 Å². The summed E-state index contributed by atoms with van der Waals surface area (Å²) in [6.07, 6.45) is 6.17. The number of hydrogen-bond donors (Lipinski definition) is 0. The minimum absolute atomic E-state index is 0.358. The van der Waals surface area contributed by atoms with E-state index in [0.717, 1.165) is 48.3 Å². The Morgan fingerprint density at radius 1 is 1.08 bits per heavy atom. The molecule has 130 valence electrons. The third-order valence-corrected chi connectivity index (χ3v) is 5.38. The smallest absolute Gasteiger partial charge is 0.160 e. The van der Waals surface area contributed by atoms with Crippen molar-refractivity contribution < 1.29 is 0 Å². The summed E-state index contributed by atoms with van der Waals surface area (Å²) in [5.74, 6) is 1.41. The predicted molar refractivity (Wildman–Crippen MR) is 104 cm³/mol. The van der Waals surface area contributed by atoms with Crippen LogP contribution >= 0.6 is 11.6 Å². The zero-order valence-corrected chi connectivity index (χ0v) is 15.0. The number of hydrogen-bond acceptors (Lipinski definition) is 4. The fourth-order valence-electron chi connectivity index (χ4n) is 3.93. The Balaban J connectivity index is 1.52. The minimum Gasteiger partial charge on any atom is -0.370 e. The summed E-state index contributed by atoms with van der Waals surface area (Å²) >= 11 is 6.13. The third-order valence-electron chi connectivity index (χ3n) is 5.15. The average molecular weight is 364 g/mol. The summed E-state index contributed by atoms with van der Waals surface area (Å²) in [6.45, 7) is 1.96. The van der Waals surface area contributed by atoms with E-state index in [0.29, 0.717) is 10.9 Å². The molecular weight excluding hydrogens is 346 g/mol. The molecule has 1 aliphatic rings. The highest BCUT2D eigenvalue weighted by atomic mass is 35.5. The fraction of sp³-hybridized carbons (Fsp3) is 0.250. The molecule has 4 heterocycles. The molecule has 5 rings (SSSR count). The average Bonchev–Trinajstić information content (AvgIpc) is 3.11. The Kier molecular flexibility index (Phi) is 3.75. The van der Waals surface area contributed by atoms with Gasteiger partial charge < -0.3 is 4.90 Å². The van der Waals surface area contributed by atoms with Crippen LogP contribution in [0.3, 0.4) is 0 Å². The Morgan fingerprint density at radius 3 is 3.00 bits per heavy atom. The van der Waals surface area contributed by atoms with Crippen LogP contribution in [0.2, 0.25) is 5.02 Å². The number of aromatic nitrogens is 4. The molecule has 26 heavy (non-hydrogen) atoms. The van der Waals surface area contributed by atoms with Crippen molar-refractivity contribution in [2.24, 2.45) is 0 Å².